The fraction of sp³-hybridized carbons (Fsp3) is 0.667. The van der Waals surface area contributed by atoms with Gasteiger partial charge in [-0.1, -0.05) is 235 Å². The van der Waals surface area contributed by atoms with Crippen LogP contribution >= 0.6 is 0 Å². The van der Waals surface area contributed by atoms with E-state index in [9.17, 15) is 40.9 Å². The normalized spacial score (nSPS) is 17.8. The average molecular weight is 1110 g/mol. The molecule has 8 bridgehead atoms. The molecular weight excluding hydrogens is 993 g/mol. The summed E-state index contributed by atoms with van der Waals surface area (Å²) in [5.41, 5.74) is 4.35. The molecule has 0 fully saturated rings. The highest BCUT2D eigenvalue weighted by atomic mass is 16.3. The van der Waals surface area contributed by atoms with E-state index in [1.54, 1.807) is 0 Å². The van der Waals surface area contributed by atoms with Gasteiger partial charge in [-0.05, 0) is 73.6 Å². The molecule has 8 N–H and O–H groups in total. The van der Waals surface area contributed by atoms with Crippen molar-refractivity contribution in [3.05, 3.63) is 93.0 Å². The van der Waals surface area contributed by atoms with Crippen LogP contribution < -0.4 is 0 Å². The van der Waals surface area contributed by atoms with Crippen LogP contribution in [0, 0.1) is 23.7 Å². The molecule has 0 saturated carbocycles. The standard InChI is InChI=1S/C72H112O8/c1-9-13-17-21-25-29-33-37-49(5)69-53-41-55(63(75)45-61(53)73)70(50(6)38-34-30-26-22-18-14-10-2)57-43-59(67(79)47-65(57)77)72(52(8)40-36-32-28-24-20-16-12-4)60-44-58(66(78)48-68(60)80)71(56-42-54(69)62(74)46-64(56)76)51(7)39-35-31-27-23-19-15-11-3/h41-52,69-80H,9-40H2,1-8H3/t49?,50?,51?,52?,69-,70+,71-,72+. The summed E-state index contributed by atoms with van der Waals surface area (Å²) in [6.07, 6.45) is 35.0. The Morgan fingerprint density at radius 3 is 0.512 bits per heavy atom. The summed E-state index contributed by atoms with van der Waals surface area (Å²) in [4.78, 5) is 0. The molecule has 448 valence electrons. The Hall–Kier alpha value is -4.72. The quantitative estimate of drug-likeness (QED) is 0.0209. The molecule has 0 aromatic heterocycles. The number of rotatable bonds is 36. The Kier molecular flexibility index (Phi) is 28.6. The van der Waals surface area contributed by atoms with Crippen LogP contribution in [0.25, 0.3) is 0 Å². The predicted octanol–water partition coefficient (Wildman–Crippen LogP) is 21.3. The Morgan fingerprint density at radius 2 is 0.362 bits per heavy atom. The van der Waals surface area contributed by atoms with E-state index in [0.29, 0.717) is 44.5 Å². The molecule has 4 unspecified atom stereocenters. The number of aromatic hydroxyl groups is 8. The lowest BCUT2D eigenvalue weighted by molar-refractivity contribution is 0.377. The molecule has 0 spiro atoms. The maximum Gasteiger partial charge on any atom is 0.123 e. The van der Waals surface area contributed by atoms with Crippen LogP contribution in [0.4, 0.5) is 0 Å². The summed E-state index contributed by atoms with van der Waals surface area (Å²) in [6.45, 7) is 17.6. The highest BCUT2D eigenvalue weighted by Gasteiger charge is 2.38. The summed E-state index contributed by atoms with van der Waals surface area (Å²) >= 11 is 0. The van der Waals surface area contributed by atoms with Gasteiger partial charge in [-0.25, -0.2) is 0 Å². The Morgan fingerprint density at radius 1 is 0.225 bits per heavy atom. The minimum Gasteiger partial charge on any atom is -0.508 e. The molecule has 1 aliphatic rings. The summed E-state index contributed by atoms with van der Waals surface area (Å²) in [5, 5.41) is 98.7. The minimum atomic E-state index is -0.593. The van der Waals surface area contributed by atoms with E-state index in [1.165, 1.54) is 127 Å². The molecule has 0 aliphatic heterocycles. The summed E-state index contributed by atoms with van der Waals surface area (Å²) < 4.78 is 0. The molecule has 80 heavy (non-hydrogen) atoms. The number of unbranched alkanes of at least 4 members (excludes halogenated alkanes) is 24. The van der Waals surface area contributed by atoms with E-state index in [0.717, 1.165) is 103 Å². The van der Waals surface area contributed by atoms with Crippen molar-refractivity contribution in [1.29, 1.82) is 0 Å². The van der Waals surface area contributed by atoms with Gasteiger partial charge in [-0.3, -0.25) is 0 Å². The van der Waals surface area contributed by atoms with Crippen LogP contribution in [-0.2, 0) is 0 Å². The van der Waals surface area contributed by atoms with E-state index in [4.69, 9.17) is 0 Å². The van der Waals surface area contributed by atoms with Crippen molar-refractivity contribution in [2.24, 2.45) is 23.7 Å². The van der Waals surface area contributed by atoms with E-state index in [-0.39, 0.29) is 69.7 Å². The molecule has 1 aliphatic carbocycles. The summed E-state index contributed by atoms with van der Waals surface area (Å²) in [7, 11) is 0. The molecule has 0 heterocycles. The van der Waals surface area contributed by atoms with Crippen molar-refractivity contribution in [2.45, 2.75) is 285 Å². The molecule has 4 aromatic rings. The molecule has 5 rings (SSSR count). The van der Waals surface area contributed by atoms with E-state index < -0.39 is 23.7 Å². The van der Waals surface area contributed by atoms with Crippen molar-refractivity contribution in [3.8, 4) is 46.0 Å². The first-order valence-corrected chi connectivity index (χ1v) is 32.8. The van der Waals surface area contributed by atoms with Gasteiger partial charge in [0.15, 0.2) is 0 Å². The van der Waals surface area contributed by atoms with Crippen LogP contribution in [0.5, 0.6) is 46.0 Å². The second-order valence-electron chi connectivity index (χ2n) is 25.3. The molecule has 0 saturated heterocycles. The van der Waals surface area contributed by atoms with Gasteiger partial charge in [0.05, 0.1) is 0 Å². The fourth-order valence-electron chi connectivity index (χ4n) is 13.9. The van der Waals surface area contributed by atoms with Gasteiger partial charge in [0, 0.05) is 92.4 Å². The van der Waals surface area contributed by atoms with Gasteiger partial charge in [0.2, 0.25) is 0 Å². The van der Waals surface area contributed by atoms with Crippen molar-refractivity contribution in [3.63, 3.8) is 0 Å². The summed E-state index contributed by atoms with van der Waals surface area (Å²) in [6, 6.07) is 13.4. The van der Waals surface area contributed by atoms with Gasteiger partial charge < -0.3 is 40.9 Å². The zero-order valence-electron chi connectivity index (χ0n) is 51.4. The highest BCUT2D eigenvalue weighted by Crippen LogP contribution is 2.55. The fourth-order valence-corrected chi connectivity index (χ4v) is 13.9. The Bertz CT molecular complexity index is 1990. The minimum absolute atomic E-state index is 0.101. The first-order valence-electron chi connectivity index (χ1n) is 32.8. The molecule has 8 heteroatoms. The van der Waals surface area contributed by atoms with Crippen molar-refractivity contribution in [2.75, 3.05) is 0 Å². The molecule has 0 radical (unpaired) electrons. The van der Waals surface area contributed by atoms with Gasteiger partial charge in [0.25, 0.3) is 0 Å². The molecular formula is C72H112O8. The van der Waals surface area contributed by atoms with E-state index >= 15 is 0 Å². The lowest BCUT2D eigenvalue weighted by Crippen LogP contribution is -2.19. The maximum atomic E-state index is 12.3. The van der Waals surface area contributed by atoms with E-state index in [2.05, 4.69) is 55.4 Å². The first kappa shape index (κ1) is 66.1. The number of hydrogen-bond acceptors (Lipinski definition) is 8. The second-order valence-corrected chi connectivity index (χ2v) is 25.3. The molecule has 4 atom stereocenters. The third kappa shape index (κ3) is 18.6. The topological polar surface area (TPSA) is 162 Å². The van der Waals surface area contributed by atoms with E-state index in [1.807, 2.05) is 24.3 Å². The van der Waals surface area contributed by atoms with Crippen molar-refractivity contribution < 1.29 is 40.9 Å². The number of hydrogen-bond donors (Lipinski definition) is 8. The maximum absolute atomic E-state index is 12.3. The average Bonchev–Trinajstić information content (AvgIpc) is 3.42. The number of phenols is 8. The van der Waals surface area contributed by atoms with Crippen molar-refractivity contribution >= 4 is 0 Å². The highest BCUT2D eigenvalue weighted by molar-refractivity contribution is 5.62. The SMILES string of the molecule is CCCCCCCCCC(C)[C@H]1c2cc(c(O)cc2O)[C@@H](C(C)CCCCCCCCC)c2cc(c(O)cc2O)[C@@H](C(C)CCCCCCCCC)c2cc(c(O)cc2O)[C@@H](C(C)CCCCCCCCC)c2cc1c(O)cc2O. The van der Waals surface area contributed by atoms with Gasteiger partial charge in [0.1, 0.15) is 46.0 Å². The monoisotopic (exact) mass is 1100 g/mol. The zero-order chi connectivity index (χ0) is 58.1. The van der Waals surface area contributed by atoms with Gasteiger partial charge in [-0.15, -0.1) is 0 Å². The van der Waals surface area contributed by atoms with Gasteiger partial charge >= 0.3 is 0 Å². The third-order valence-electron chi connectivity index (χ3n) is 18.7. The number of benzene rings is 4. The number of phenolic OH excluding ortho intramolecular Hbond substituents is 8. The van der Waals surface area contributed by atoms with Crippen LogP contribution in [0.15, 0.2) is 48.5 Å². The molecule has 8 nitrogen and oxygen atoms in total. The number of fused-ring (bicyclic) bond motifs is 8. The van der Waals surface area contributed by atoms with Crippen molar-refractivity contribution in [1.82, 2.24) is 0 Å². The molecule has 0 amide bonds. The van der Waals surface area contributed by atoms with Crippen LogP contribution in [-0.4, -0.2) is 40.9 Å². The Balaban J connectivity index is 1.82. The summed E-state index contributed by atoms with van der Waals surface area (Å²) in [5.74, 6) is -3.66. The van der Waals surface area contributed by atoms with Crippen LogP contribution in [0.1, 0.15) is 329 Å². The lowest BCUT2D eigenvalue weighted by Gasteiger charge is -2.34. The first-order chi connectivity index (χ1) is 38.6. The zero-order valence-corrected chi connectivity index (χ0v) is 51.4. The van der Waals surface area contributed by atoms with Gasteiger partial charge in [-0.2, -0.15) is 0 Å². The smallest absolute Gasteiger partial charge is 0.123 e. The largest absolute Gasteiger partial charge is 0.508 e. The molecule has 4 aromatic carbocycles. The predicted molar refractivity (Wildman–Crippen MR) is 334 cm³/mol. The van der Waals surface area contributed by atoms with Crippen LogP contribution in [0.2, 0.25) is 0 Å². The third-order valence-corrected chi connectivity index (χ3v) is 18.7. The van der Waals surface area contributed by atoms with Crippen LogP contribution in [0.3, 0.4) is 0 Å². The lowest BCUT2D eigenvalue weighted by atomic mass is 9.71. The second kappa shape index (κ2) is 34.7. The Labute approximate surface area is 485 Å².